The molecule has 2 unspecified atom stereocenters. The Bertz CT molecular complexity index is 112. The third-order valence-corrected chi connectivity index (χ3v) is 2.33. The smallest absolute Gasteiger partial charge is 0.0809 e. The minimum Gasteiger partial charge on any atom is -0.394 e. The van der Waals surface area contributed by atoms with Crippen LogP contribution < -0.4 is 0 Å². The van der Waals surface area contributed by atoms with Crippen LogP contribution in [0.2, 0.25) is 0 Å². The zero-order chi connectivity index (χ0) is 8.27. The predicted octanol–water partition coefficient (Wildman–Crippen LogP) is 1.57. The number of hydrogen-bond donors (Lipinski definition) is 1. The molecule has 1 rings (SSSR count). The Balaban J connectivity index is 2.33. The van der Waals surface area contributed by atoms with Crippen LogP contribution in [-0.2, 0) is 4.74 Å². The fraction of sp³-hybridized carbons (Fsp3) is 1.00. The van der Waals surface area contributed by atoms with Crippen molar-refractivity contribution < 1.29 is 9.84 Å². The minimum atomic E-state index is 0.108. The van der Waals surface area contributed by atoms with Crippen molar-refractivity contribution >= 4 is 0 Å². The van der Waals surface area contributed by atoms with Crippen LogP contribution in [0.5, 0.6) is 0 Å². The van der Waals surface area contributed by atoms with Crippen molar-refractivity contribution in [3.8, 4) is 0 Å². The highest BCUT2D eigenvalue weighted by Crippen LogP contribution is 2.23. The van der Waals surface area contributed by atoms with Gasteiger partial charge >= 0.3 is 0 Å². The number of rotatable bonds is 2. The van der Waals surface area contributed by atoms with E-state index in [1.807, 2.05) is 0 Å². The van der Waals surface area contributed by atoms with E-state index in [0.717, 1.165) is 12.8 Å². The second kappa shape index (κ2) is 4.07. The van der Waals surface area contributed by atoms with Gasteiger partial charge in [-0.3, -0.25) is 0 Å². The molecule has 0 aromatic rings. The van der Waals surface area contributed by atoms with Crippen molar-refractivity contribution in [1.29, 1.82) is 0 Å². The fourth-order valence-electron chi connectivity index (χ4n) is 1.55. The van der Waals surface area contributed by atoms with Gasteiger partial charge < -0.3 is 9.84 Å². The van der Waals surface area contributed by atoms with Gasteiger partial charge in [-0.25, -0.2) is 0 Å². The van der Waals surface area contributed by atoms with Crippen molar-refractivity contribution in [1.82, 2.24) is 0 Å². The molecule has 66 valence electrons. The monoisotopic (exact) mass is 158 g/mol. The topological polar surface area (TPSA) is 29.5 Å². The quantitative estimate of drug-likeness (QED) is 0.661. The maximum atomic E-state index is 8.87. The highest BCUT2D eigenvalue weighted by Gasteiger charge is 2.23. The summed E-state index contributed by atoms with van der Waals surface area (Å²) in [5.41, 5.74) is 0. The van der Waals surface area contributed by atoms with Gasteiger partial charge in [0, 0.05) is 0 Å². The summed E-state index contributed by atoms with van der Waals surface area (Å²) in [6.45, 7) is 4.53. The molecule has 11 heavy (non-hydrogen) atoms. The van der Waals surface area contributed by atoms with E-state index in [0.29, 0.717) is 12.0 Å². The molecule has 1 aliphatic rings. The first-order valence-corrected chi connectivity index (χ1v) is 4.50. The Kier molecular flexibility index (Phi) is 3.34. The van der Waals surface area contributed by atoms with E-state index in [1.54, 1.807) is 0 Å². The van der Waals surface area contributed by atoms with E-state index >= 15 is 0 Å². The number of aliphatic hydroxyl groups excluding tert-OH is 1. The van der Waals surface area contributed by atoms with Gasteiger partial charge in [0.05, 0.1) is 18.8 Å². The summed E-state index contributed by atoms with van der Waals surface area (Å²) < 4.78 is 5.65. The zero-order valence-electron chi connectivity index (χ0n) is 7.42. The maximum absolute atomic E-state index is 8.87. The first-order valence-electron chi connectivity index (χ1n) is 4.50. The van der Waals surface area contributed by atoms with E-state index < -0.39 is 0 Å². The van der Waals surface area contributed by atoms with Crippen LogP contribution in [0.25, 0.3) is 0 Å². The zero-order valence-corrected chi connectivity index (χ0v) is 7.42. The van der Waals surface area contributed by atoms with Crippen LogP contribution in [0, 0.1) is 5.92 Å². The average molecular weight is 158 g/mol. The van der Waals surface area contributed by atoms with E-state index in [1.165, 1.54) is 6.42 Å². The van der Waals surface area contributed by atoms with Gasteiger partial charge in [0.25, 0.3) is 0 Å². The van der Waals surface area contributed by atoms with Gasteiger partial charge in [-0.1, -0.05) is 13.8 Å². The molecule has 1 fully saturated rings. The molecule has 2 nitrogen and oxygen atoms in total. The molecular formula is C9H18O2. The molecule has 0 radical (unpaired) electrons. The number of ether oxygens (including phenoxy) is 1. The standard InChI is InChI=1S/C9H18O2/c1-7(2)9-5-3-4-8(6-10)11-9/h7-10H,3-6H2,1-2H3. The second-order valence-corrected chi connectivity index (χ2v) is 3.65. The predicted molar refractivity (Wildman–Crippen MR) is 44.4 cm³/mol. The minimum absolute atomic E-state index is 0.108. The summed E-state index contributed by atoms with van der Waals surface area (Å²) >= 11 is 0. The lowest BCUT2D eigenvalue weighted by atomic mass is 9.96. The van der Waals surface area contributed by atoms with Crippen LogP contribution >= 0.6 is 0 Å². The third kappa shape index (κ3) is 2.46. The third-order valence-electron chi connectivity index (χ3n) is 2.33. The highest BCUT2D eigenvalue weighted by atomic mass is 16.5. The Morgan fingerprint density at radius 2 is 2.18 bits per heavy atom. The lowest BCUT2D eigenvalue weighted by molar-refractivity contribution is -0.0894. The molecule has 2 heteroatoms. The first kappa shape index (κ1) is 9.01. The molecule has 0 bridgehead atoms. The van der Waals surface area contributed by atoms with E-state index in [9.17, 15) is 0 Å². The van der Waals surface area contributed by atoms with Gasteiger partial charge in [-0.15, -0.1) is 0 Å². The molecule has 1 aliphatic heterocycles. The summed E-state index contributed by atoms with van der Waals surface area (Å²) in [5, 5.41) is 8.87. The molecule has 2 atom stereocenters. The van der Waals surface area contributed by atoms with Gasteiger partial charge in [-0.05, 0) is 25.2 Å². The number of hydrogen-bond acceptors (Lipinski definition) is 2. The fourth-order valence-corrected chi connectivity index (χ4v) is 1.55. The summed E-state index contributed by atoms with van der Waals surface area (Å²) in [7, 11) is 0. The van der Waals surface area contributed by atoms with Crippen molar-refractivity contribution in [2.45, 2.75) is 45.3 Å². The molecule has 0 aromatic heterocycles. The molecular weight excluding hydrogens is 140 g/mol. The van der Waals surface area contributed by atoms with Crippen molar-refractivity contribution in [2.75, 3.05) is 6.61 Å². The number of aliphatic hydroxyl groups is 1. The molecule has 1 heterocycles. The lowest BCUT2D eigenvalue weighted by Crippen LogP contribution is -2.33. The molecule has 0 spiro atoms. The summed E-state index contributed by atoms with van der Waals surface area (Å²) in [5.74, 6) is 0.587. The van der Waals surface area contributed by atoms with Crippen LogP contribution in [0.4, 0.5) is 0 Å². The van der Waals surface area contributed by atoms with Crippen LogP contribution in [0.3, 0.4) is 0 Å². The summed E-state index contributed by atoms with van der Waals surface area (Å²) in [4.78, 5) is 0. The van der Waals surface area contributed by atoms with Crippen LogP contribution in [-0.4, -0.2) is 23.9 Å². The normalized spacial score (nSPS) is 32.7. The SMILES string of the molecule is CC(C)C1CCCC(CO)O1. The lowest BCUT2D eigenvalue weighted by Gasteiger charge is -2.31. The molecule has 1 saturated heterocycles. The highest BCUT2D eigenvalue weighted by molar-refractivity contribution is 4.72. The maximum Gasteiger partial charge on any atom is 0.0809 e. The van der Waals surface area contributed by atoms with Crippen molar-refractivity contribution in [2.24, 2.45) is 5.92 Å². The van der Waals surface area contributed by atoms with E-state index in [-0.39, 0.29) is 12.7 Å². The average Bonchev–Trinajstić information content (AvgIpc) is 2.05. The Labute approximate surface area is 68.6 Å². The summed E-state index contributed by atoms with van der Waals surface area (Å²) in [6.07, 6.45) is 3.87. The Morgan fingerprint density at radius 3 is 2.73 bits per heavy atom. The first-order chi connectivity index (χ1) is 5.24. The van der Waals surface area contributed by atoms with Crippen molar-refractivity contribution in [3.05, 3.63) is 0 Å². The Morgan fingerprint density at radius 1 is 1.45 bits per heavy atom. The van der Waals surface area contributed by atoms with Crippen LogP contribution in [0.15, 0.2) is 0 Å². The van der Waals surface area contributed by atoms with Crippen molar-refractivity contribution in [3.63, 3.8) is 0 Å². The summed E-state index contributed by atoms with van der Waals surface area (Å²) in [6, 6.07) is 0. The molecule has 0 saturated carbocycles. The molecule has 0 aromatic carbocycles. The largest absolute Gasteiger partial charge is 0.394 e. The van der Waals surface area contributed by atoms with Crippen LogP contribution in [0.1, 0.15) is 33.1 Å². The Hall–Kier alpha value is -0.0800. The van der Waals surface area contributed by atoms with E-state index in [4.69, 9.17) is 9.84 Å². The van der Waals surface area contributed by atoms with Gasteiger partial charge in [0.1, 0.15) is 0 Å². The van der Waals surface area contributed by atoms with E-state index in [2.05, 4.69) is 13.8 Å². The molecule has 0 amide bonds. The molecule has 0 aliphatic carbocycles. The van der Waals surface area contributed by atoms with Gasteiger partial charge in [-0.2, -0.15) is 0 Å². The molecule has 1 N–H and O–H groups in total. The van der Waals surface area contributed by atoms with Gasteiger partial charge in [0.2, 0.25) is 0 Å². The second-order valence-electron chi connectivity index (χ2n) is 3.65. The van der Waals surface area contributed by atoms with Gasteiger partial charge in [0.15, 0.2) is 0 Å².